The minimum absolute atomic E-state index is 0.0218. The van der Waals surface area contributed by atoms with Crippen LogP contribution in [-0.2, 0) is 6.42 Å². The van der Waals surface area contributed by atoms with Crippen molar-refractivity contribution in [3.8, 4) is 28.0 Å². The summed E-state index contributed by atoms with van der Waals surface area (Å²) in [6, 6.07) is 3.96. The summed E-state index contributed by atoms with van der Waals surface area (Å²) in [5.41, 5.74) is 0.435. The molecule has 0 saturated carbocycles. The third-order valence-corrected chi connectivity index (χ3v) is 3.66. The number of halogens is 5. The van der Waals surface area contributed by atoms with Crippen LogP contribution in [0.15, 0.2) is 30.4 Å². The molecule has 0 radical (unpaired) electrons. The summed E-state index contributed by atoms with van der Waals surface area (Å²) in [4.78, 5) is 0. The second-order valence-electron chi connectivity index (χ2n) is 4.94. The number of phenolic OH excluding ortho intramolecular Hbond substituents is 1. The van der Waals surface area contributed by atoms with E-state index in [1.807, 2.05) is 0 Å². The van der Waals surface area contributed by atoms with Crippen molar-refractivity contribution in [3.63, 3.8) is 0 Å². The smallest absolute Gasteiger partial charge is 0.266 e. The first-order valence-electron chi connectivity index (χ1n) is 6.46. The van der Waals surface area contributed by atoms with Crippen LogP contribution in [0.4, 0.5) is 22.0 Å². The van der Waals surface area contributed by atoms with E-state index in [0.29, 0.717) is 11.6 Å². The maximum atomic E-state index is 14.4. The van der Waals surface area contributed by atoms with E-state index in [-0.39, 0.29) is 35.1 Å². The maximum absolute atomic E-state index is 14.4. The Labute approximate surface area is 122 Å². The van der Waals surface area contributed by atoms with Gasteiger partial charge in [0.2, 0.25) is 5.82 Å². The molecule has 0 heterocycles. The molecule has 0 unspecified atom stereocenters. The van der Waals surface area contributed by atoms with Gasteiger partial charge in [0.1, 0.15) is 5.82 Å². The number of benzene rings is 2. The second-order valence-corrected chi connectivity index (χ2v) is 4.94. The van der Waals surface area contributed by atoms with Gasteiger partial charge in [0.05, 0.1) is 0 Å². The molecule has 0 spiro atoms. The lowest BCUT2D eigenvalue weighted by atomic mass is 9.78. The van der Waals surface area contributed by atoms with E-state index in [2.05, 4.69) is 0 Å². The van der Waals surface area contributed by atoms with Crippen molar-refractivity contribution in [2.24, 2.45) is 0 Å². The lowest BCUT2D eigenvalue weighted by molar-refractivity contribution is 0.408. The fraction of sp³-hybridized carbons (Fsp3) is 0.125. The van der Waals surface area contributed by atoms with Gasteiger partial charge in [-0.3, -0.25) is 0 Å². The molecule has 2 aromatic carbocycles. The van der Waals surface area contributed by atoms with Crippen molar-refractivity contribution in [2.45, 2.75) is 12.8 Å². The third-order valence-electron chi connectivity index (χ3n) is 3.66. The Hall–Kier alpha value is -2.37. The number of allylic oxidation sites excluding steroid dienone is 1. The van der Waals surface area contributed by atoms with E-state index < -0.39 is 29.3 Å². The summed E-state index contributed by atoms with van der Waals surface area (Å²) in [5.74, 6) is -4.33. The molecule has 1 aliphatic carbocycles. The van der Waals surface area contributed by atoms with Gasteiger partial charge in [-0.05, 0) is 41.7 Å². The van der Waals surface area contributed by atoms with Crippen LogP contribution in [0.1, 0.15) is 12.0 Å². The number of fused-ring (bicyclic) bond motifs is 4. The SMILES string of the molecule is Oc1cc2c(c(F)c1F)-c1c-2ccc(CCC=C(F)F)c1F. The Morgan fingerprint density at radius 3 is 2.32 bits per heavy atom. The van der Waals surface area contributed by atoms with Crippen LogP contribution in [0.25, 0.3) is 22.3 Å². The van der Waals surface area contributed by atoms with Gasteiger partial charge in [-0.2, -0.15) is 13.2 Å². The summed E-state index contributed by atoms with van der Waals surface area (Å²) in [6.07, 6.45) is -1.21. The molecule has 1 aliphatic rings. The molecule has 0 saturated heterocycles. The van der Waals surface area contributed by atoms with E-state index in [1.54, 1.807) is 0 Å². The minimum atomic E-state index is -1.85. The van der Waals surface area contributed by atoms with Crippen LogP contribution in [0.2, 0.25) is 0 Å². The highest BCUT2D eigenvalue weighted by Crippen LogP contribution is 2.52. The average molecular weight is 312 g/mol. The van der Waals surface area contributed by atoms with Gasteiger partial charge in [0.25, 0.3) is 6.08 Å². The molecular formula is C16H9F5O. The lowest BCUT2D eigenvalue weighted by Gasteiger charge is -2.26. The van der Waals surface area contributed by atoms with Crippen molar-refractivity contribution >= 4 is 0 Å². The number of hydrogen-bond donors (Lipinski definition) is 1. The fourth-order valence-electron chi connectivity index (χ4n) is 2.62. The molecule has 0 aromatic heterocycles. The van der Waals surface area contributed by atoms with E-state index in [4.69, 9.17) is 0 Å². The Morgan fingerprint density at radius 2 is 1.64 bits per heavy atom. The van der Waals surface area contributed by atoms with Gasteiger partial charge in [0, 0.05) is 11.1 Å². The number of hydrogen-bond acceptors (Lipinski definition) is 1. The molecule has 2 aromatic rings. The van der Waals surface area contributed by atoms with E-state index in [9.17, 15) is 27.1 Å². The molecule has 114 valence electrons. The third kappa shape index (κ3) is 2.06. The molecule has 0 fully saturated rings. The largest absolute Gasteiger partial charge is 0.505 e. The zero-order chi connectivity index (χ0) is 16.0. The summed E-state index contributed by atoms with van der Waals surface area (Å²) in [5, 5.41) is 9.27. The average Bonchev–Trinajstić information content (AvgIpc) is 2.45. The highest BCUT2D eigenvalue weighted by Gasteiger charge is 2.33. The van der Waals surface area contributed by atoms with Crippen molar-refractivity contribution < 1.29 is 27.1 Å². The predicted octanol–water partition coefficient (Wildman–Crippen LogP) is 5.17. The zero-order valence-electron chi connectivity index (χ0n) is 11.1. The van der Waals surface area contributed by atoms with Crippen molar-refractivity contribution in [3.05, 3.63) is 53.4 Å². The molecule has 0 aliphatic heterocycles. The molecule has 1 N–H and O–H groups in total. The molecule has 0 atom stereocenters. The van der Waals surface area contributed by atoms with Crippen LogP contribution >= 0.6 is 0 Å². The predicted molar refractivity (Wildman–Crippen MR) is 71.0 cm³/mol. The fourth-order valence-corrected chi connectivity index (χ4v) is 2.62. The summed E-state index contributed by atoms with van der Waals surface area (Å²) in [7, 11) is 0. The van der Waals surface area contributed by atoms with E-state index in [1.165, 1.54) is 12.1 Å². The molecule has 0 bridgehead atoms. The van der Waals surface area contributed by atoms with Crippen LogP contribution in [0.3, 0.4) is 0 Å². The lowest BCUT2D eigenvalue weighted by Crippen LogP contribution is -2.08. The normalized spacial score (nSPS) is 11.5. The van der Waals surface area contributed by atoms with Gasteiger partial charge < -0.3 is 5.11 Å². The minimum Gasteiger partial charge on any atom is -0.505 e. The first kappa shape index (κ1) is 14.6. The Kier molecular flexibility index (Phi) is 3.39. The summed E-state index contributed by atoms with van der Waals surface area (Å²) in [6.45, 7) is 0. The Morgan fingerprint density at radius 1 is 0.955 bits per heavy atom. The standard InChI is InChI=1S/C16H9F5O/c17-11(18)3-1-2-7-4-5-8-9-6-10(22)15(20)16(21)13(9)12(8)14(7)19/h3-6,22H,1-2H2. The number of aryl methyl sites for hydroxylation is 1. The second kappa shape index (κ2) is 5.12. The molecule has 3 rings (SSSR count). The molecule has 1 nitrogen and oxygen atoms in total. The number of rotatable bonds is 3. The van der Waals surface area contributed by atoms with Crippen LogP contribution in [0, 0.1) is 17.5 Å². The Balaban J connectivity index is 2.02. The van der Waals surface area contributed by atoms with Crippen LogP contribution in [0.5, 0.6) is 5.75 Å². The number of phenols is 1. The van der Waals surface area contributed by atoms with Gasteiger partial charge in [-0.1, -0.05) is 12.1 Å². The molecule has 6 heteroatoms. The monoisotopic (exact) mass is 312 g/mol. The topological polar surface area (TPSA) is 20.2 Å². The van der Waals surface area contributed by atoms with Gasteiger partial charge in [0.15, 0.2) is 11.6 Å². The van der Waals surface area contributed by atoms with Crippen molar-refractivity contribution in [1.82, 2.24) is 0 Å². The highest BCUT2D eigenvalue weighted by molar-refractivity contribution is 6.03. The van der Waals surface area contributed by atoms with Crippen LogP contribution in [-0.4, -0.2) is 5.11 Å². The highest BCUT2D eigenvalue weighted by atomic mass is 19.3. The number of aromatic hydroxyl groups is 1. The van der Waals surface area contributed by atoms with Crippen molar-refractivity contribution in [2.75, 3.05) is 0 Å². The van der Waals surface area contributed by atoms with Crippen LogP contribution < -0.4 is 0 Å². The van der Waals surface area contributed by atoms with Gasteiger partial charge in [-0.25, -0.2) is 8.78 Å². The molecular weight excluding hydrogens is 303 g/mol. The summed E-state index contributed by atoms with van der Waals surface area (Å²) < 4.78 is 65.6. The summed E-state index contributed by atoms with van der Waals surface area (Å²) >= 11 is 0. The Bertz CT molecular complexity index is 807. The molecule has 22 heavy (non-hydrogen) atoms. The van der Waals surface area contributed by atoms with E-state index in [0.717, 1.165) is 6.07 Å². The maximum Gasteiger partial charge on any atom is 0.266 e. The van der Waals surface area contributed by atoms with E-state index >= 15 is 0 Å². The molecule has 0 amide bonds. The quantitative estimate of drug-likeness (QED) is 0.662. The van der Waals surface area contributed by atoms with Gasteiger partial charge >= 0.3 is 0 Å². The van der Waals surface area contributed by atoms with Crippen molar-refractivity contribution in [1.29, 1.82) is 0 Å². The van der Waals surface area contributed by atoms with Gasteiger partial charge in [-0.15, -0.1) is 0 Å². The zero-order valence-corrected chi connectivity index (χ0v) is 11.1. The first-order chi connectivity index (χ1) is 10.4. The first-order valence-corrected chi connectivity index (χ1v) is 6.46.